The molecule has 1 unspecified atom stereocenters. The Balaban J connectivity index is 2.86. The lowest BCUT2D eigenvalue weighted by molar-refractivity contribution is -0.199. The van der Waals surface area contributed by atoms with Crippen molar-refractivity contribution in [2.45, 2.75) is 11.7 Å². The van der Waals surface area contributed by atoms with Crippen LogP contribution in [0.1, 0.15) is 0 Å². The van der Waals surface area contributed by atoms with Crippen LogP contribution in [0.2, 0.25) is 5.02 Å². The minimum atomic E-state index is -4.07. The molecular formula is C8H4BrCl2F3O. The third kappa shape index (κ3) is 3.43. The van der Waals surface area contributed by atoms with E-state index in [2.05, 4.69) is 32.3 Å². The van der Waals surface area contributed by atoms with Gasteiger partial charge < -0.3 is 4.74 Å². The van der Waals surface area contributed by atoms with Crippen LogP contribution in [0.3, 0.4) is 0 Å². The van der Waals surface area contributed by atoms with Gasteiger partial charge in [-0.2, -0.15) is 8.78 Å². The molecule has 84 valence electrons. The summed E-state index contributed by atoms with van der Waals surface area (Å²) in [4.78, 5) is 0. The van der Waals surface area contributed by atoms with Crippen molar-refractivity contribution < 1.29 is 17.9 Å². The maximum absolute atomic E-state index is 12.7. The maximum atomic E-state index is 12.7. The highest BCUT2D eigenvalue weighted by Gasteiger charge is 2.42. The molecule has 1 nitrogen and oxygen atoms in total. The second kappa shape index (κ2) is 4.80. The molecule has 1 rings (SSSR count). The molecule has 7 heteroatoms. The van der Waals surface area contributed by atoms with Crippen LogP contribution < -0.4 is 4.74 Å². The molecule has 1 aromatic rings. The Labute approximate surface area is 102 Å². The molecule has 0 aromatic heterocycles. The predicted molar refractivity (Wildman–Crippen MR) is 55.5 cm³/mol. The van der Waals surface area contributed by atoms with Crippen molar-refractivity contribution in [3.63, 3.8) is 0 Å². The van der Waals surface area contributed by atoms with Crippen LogP contribution in [0.5, 0.6) is 5.75 Å². The first kappa shape index (κ1) is 12.9. The Morgan fingerprint density at radius 2 is 2.00 bits per heavy atom. The van der Waals surface area contributed by atoms with E-state index < -0.39 is 11.7 Å². The van der Waals surface area contributed by atoms with Gasteiger partial charge in [-0.05, 0) is 34.1 Å². The number of hydrogen-bond donors (Lipinski definition) is 0. The molecule has 15 heavy (non-hydrogen) atoms. The first-order valence-corrected chi connectivity index (χ1v) is 5.23. The molecule has 0 amide bonds. The van der Waals surface area contributed by atoms with Crippen LogP contribution in [0.4, 0.5) is 13.2 Å². The molecule has 0 bridgehead atoms. The number of alkyl halides is 4. The fraction of sp³-hybridized carbons (Fsp3) is 0.250. The normalized spacial score (nSPS) is 13.7. The molecule has 1 aromatic carbocycles. The van der Waals surface area contributed by atoms with Crippen molar-refractivity contribution in [1.29, 1.82) is 0 Å². The summed E-state index contributed by atoms with van der Waals surface area (Å²) in [5, 5.41) is 0.327. The van der Waals surface area contributed by atoms with Gasteiger partial charge in [0.1, 0.15) is 5.75 Å². The SMILES string of the molecule is FC(Cl)C(F)(F)Oc1ccc(Cl)c(Br)c1. The number of benzene rings is 1. The summed E-state index contributed by atoms with van der Waals surface area (Å²) in [6, 6.07) is 3.70. The van der Waals surface area contributed by atoms with Crippen LogP contribution in [-0.4, -0.2) is 11.7 Å². The average molecular weight is 324 g/mol. The quantitative estimate of drug-likeness (QED) is 0.738. The molecule has 0 heterocycles. The lowest BCUT2D eigenvalue weighted by Crippen LogP contribution is -2.32. The molecule has 0 spiro atoms. The number of halogens is 6. The fourth-order valence-electron chi connectivity index (χ4n) is 0.742. The van der Waals surface area contributed by atoms with E-state index in [0.717, 1.165) is 0 Å². The molecule has 0 aliphatic heterocycles. The van der Waals surface area contributed by atoms with Crippen LogP contribution in [0.15, 0.2) is 22.7 Å². The van der Waals surface area contributed by atoms with Gasteiger partial charge >= 0.3 is 6.11 Å². The van der Waals surface area contributed by atoms with Gasteiger partial charge in [0.15, 0.2) is 0 Å². The zero-order chi connectivity index (χ0) is 11.6. The van der Waals surface area contributed by atoms with E-state index in [1.54, 1.807) is 0 Å². The second-order valence-electron chi connectivity index (χ2n) is 2.54. The zero-order valence-electron chi connectivity index (χ0n) is 6.99. The van der Waals surface area contributed by atoms with Crippen molar-refractivity contribution >= 4 is 39.1 Å². The van der Waals surface area contributed by atoms with Gasteiger partial charge in [-0.3, -0.25) is 0 Å². The summed E-state index contributed by atoms with van der Waals surface area (Å²) in [5.41, 5.74) is -2.91. The summed E-state index contributed by atoms with van der Waals surface area (Å²) >= 11 is 13.2. The van der Waals surface area contributed by atoms with Gasteiger partial charge in [0, 0.05) is 4.47 Å². The smallest absolute Gasteiger partial charge is 0.429 e. The van der Waals surface area contributed by atoms with Gasteiger partial charge in [-0.15, -0.1) is 0 Å². The third-order valence-electron chi connectivity index (χ3n) is 1.40. The molecule has 0 radical (unpaired) electrons. The molecule has 0 fully saturated rings. The predicted octanol–water partition coefficient (Wildman–Crippen LogP) is 4.61. The lowest BCUT2D eigenvalue weighted by Gasteiger charge is -2.17. The van der Waals surface area contributed by atoms with E-state index in [4.69, 9.17) is 11.6 Å². The zero-order valence-corrected chi connectivity index (χ0v) is 10.1. The molecule has 1 atom stereocenters. The Morgan fingerprint density at radius 1 is 1.40 bits per heavy atom. The van der Waals surface area contributed by atoms with E-state index >= 15 is 0 Å². The molecule has 0 saturated heterocycles. The van der Waals surface area contributed by atoms with Crippen LogP contribution in [0, 0.1) is 0 Å². The second-order valence-corrected chi connectivity index (χ2v) is 4.19. The van der Waals surface area contributed by atoms with E-state index in [0.29, 0.717) is 9.50 Å². The van der Waals surface area contributed by atoms with Crippen molar-refractivity contribution in [3.8, 4) is 5.75 Å². The number of rotatable bonds is 3. The van der Waals surface area contributed by atoms with Gasteiger partial charge in [-0.1, -0.05) is 23.2 Å². The first-order valence-electron chi connectivity index (χ1n) is 3.63. The van der Waals surface area contributed by atoms with Crippen molar-refractivity contribution in [2.75, 3.05) is 0 Å². The van der Waals surface area contributed by atoms with Gasteiger partial charge in [0.05, 0.1) is 5.02 Å². The van der Waals surface area contributed by atoms with Gasteiger partial charge in [0.2, 0.25) is 0 Å². The Morgan fingerprint density at radius 3 is 2.47 bits per heavy atom. The number of hydrogen-bond acceptors (Lipinski definition) is 1. The van der Waals surface area contributed by atoms with E-state index in [9.17, 15) is 13.2 Å². The monoisotopic (exact) mass is 322 g/mol. The van der Waals surface area contributed by atoms with Crippen LogP contribution in [-0.2, 0) is 0 Å². The summed E-state index contributed by atoms with van der Waals surface area (Å²) in [7, 11) is 0. The van der Waals surface area contributed by atoms with Crippen molar-refractivity contribution in [1.82, 2.24) is 0 Å². The maximum Gasteiger partial charge on any atom is 0.444 e. The molecular weight excluding hydrogens is 320 g/mol. The van der Waals surface area contributed by atoms with Crippen molar-refractivity contribution in [2.24, 2.45) is 0 Å². The highest BCUT2D eigenvalue weighted by atomic mass is 79.9. The lowest BCUT2D eigenvalue weighted by atomic mass is 10.3. The summed E-state index contributed by atoms with van der Waals surface area (Å²) in [5.74, 6) is -0.237. The minimum Gasteiger partial charge on any atom is -0.429 e. The fourth-order valence-corrected chi connectivity index (χ4v) is 1.26. The summed E-state index contributed by atoms with van der Waals surface area (Å²) in [6.07, 6.45) is -4.07. The van der Waals surface area contributed by atoms with Crippen LogP contribution in [0.25, 0.3) is 0 Å². The van der Waals surface area contributed by atoms with E-state index in [-0.39, 0.29) is 5.75 Å². The summed E-state index contributed by atoms with van der Waals surface area (Å²) in [6.45, 7) is 0. The number of ether oxygens (including phenoxy) is 1. The minimum absolute atomic E-state index is 0.237. The molecule has 0 aliphatic rings. The Kier molecular flexibility index (Phi) is 4.14. The van der Waals surface area contributed by atoms with E-state index in [1.807, 2.05) is 0 Å². The standard InChI is InChI=1S/C8H4BrCl2F3O/c9-5-3-4(1-2-6(5)10)15-8(13,14)7(11)12/h1-3,7H. The highest BCUT2D eigenvalue weighted by molar-refractivity contribution is 9.10. The van der Waals surface area contributed by atoms with Gasteiger partial charge in [0.25, 0.3) is 5.63 Å². The van der Waals surface area contributed by atoms with Gasteiger partial charge in [-0.25, -0.2) is 4.39 Å². The van der Waals surface area contributed by atoms with Crippen molar-refractivity contribution in [3.05, 3.63) is 27.7 Å². The molecule has 0 saturated carbocycles. The largest absolute Gasteiger partial charge is 0.444 e. The molecule has 0 N–H and O–H groups in total. The van der Waals surface area contributed by atoms with E-state index in [1.165, 1.54) is 18.2 Å². The first-order chi connectivity index (χ1) is 6.83. The summed E-state index contributed by atoms with van der Waals surface area (Å²) < 4.78 is 42.0. The molecule has 0 aliphatic carbocycles. The topological polar surface area (TPSA) is 9.23 Å². The average Bonchev–Trinajstić information content (AvgIpc) is 2.10. The Bertz CT molecular complexity index is 360. The van der Waals surface area contributed by atoms with Crippen LogP contribution >= 0.6 is 39.1 Å². The highest BCUT2D eigenvalue weighted by Crippen LogP contribution is 2.32. The third-order valence-corrected chi connectivity index (χ3v) is 2.87. The Hall–Kier alpha value is -0.130.